The van der Waals surface area contributed by atoms with Gasteiger partial charge in [-0.2, -0.15) is 0 Å². The van der Waals surface area contributed by atoms with Crippen molar-refractivity contribution in [3.05, 3.63) is 41.7 Å². The van der Waals surface area contributed by atoms with Crippen LogP contribution in [-0.2, 0) is 0 Å². The van der Waals surface area contributed by atoms with Crippen LogP contribution in [0.15, 0.2) is 24.4 Å². The molecule has 2 aromatic rings. The largest absolute Gasteiger partial charge is 0.399 e. The SMILES string of the molecule is C[C@@H]1CN(c2c(F)cc(N)cc2F)CCN1c1nccc(C(=O)NC2C3CC4CC2CC(O)(C4)C3)n1. The number of rotatable bonds is 4. The molecule has 10 heteroatoms. The van der Waals surface area contributed by atoms with Gasteiger partial charge in [-0.1, -0.05) is 0 Å². The molecule has 2 heterocycles. The van der Waals surface area contributed by atoms with Gasteiger partial charge in [0.2, 0.25) is 5.95 Å². The highest BCUT2D eigenvalue weighted by Crippen LogP contribution is 2.55. The number of hydrogen-bond donors (Lipinski definition) is 3. The zero-order chi connectivity index (χ0) is 25.2. The summed E-state index contributed by atoms with van der Waals surface area (Å²) in [4.78, 5) is 25.8. The Morgan fingerprint density at radius 1 is 1.17 bits per heavy atom. The number of hydrogen-bond acceptors (Lipinski definition) is 7. The highest BCUT2D eigenvalue weighted by Gasteiger charge is 2.55. The van der Waals surface area contributed by atoms with Gasteiger partial charge in [-0.25, -0.2) is 18.7 Å². The first-order valence-corrected chi connectivity index (χ1v) is 12.8. The van der Waals surface area contributed by atoms with Crippen molar-refractivity contribution in [2.75, 3.05) is 35.2 Å². The van der Waals surface area contributed by atoms with Crippen LogP contribution in [0.2, 0.25) is 0 Å². The number of amides is 1. The number of carbonyl (C=O) groups is 1. The molecule has 7 rings (SSSR count). The fraction of sp³-hybridized carbons (Fsp3) is 0.577. The Kier molecular flexibility index (Phi) is 5.55. The van der Waals surface area contributed by atoms with E-state index in [0.29, 0.717) is 49.0 Å². The average Bonchev–Trinajstić information content (AvgIpc) is 2.80. The predicted octanol–water partition coefficient (Wildman–Crippen LogP) is 2.72. The molecule has 0 spiro atoms. The van der Waals surface area contributed by atoms with Crippen LogP contribution >= 0.6 is 0 Å². The number of aliphatic hydroxyl groups is 1. The summed E-state index contributed by atoms with van der Waals surface area (Å²) in [5, 5.41) is 14.0. The summed E-state index contributed by atoms with van der Waals surface area (Å²) in [5.74, 6) is 0.0388. The van der Waals surface area contributed by atoms with Crippen LogP contribution in [0.1, 0.15) is 49.5 Å². The Morgan fingerprint density at radius 2 is 1.86 bits per heavy atom. The highest BCUT2D eigenvalue weighted by atomic mass is 19.1. The number of nitrogens with two attached hydrogens (primary N) is 1. The fourth-order valence-corrected chi connectivity index (χ4v) is 7.40. The normalized spacial score (nSPS) is 33.2. The van der Waals surface area contributed by atoms with Gasteiger partial charge in [0.25, 0.3) is 5.91 Å². The lowest BCUT2D eigenvalue weighted by Crippen LogP contribution is -2.61. The van der Waals surface area contributed by atoms with Gasteiger partial charge in [-0.3, -0.25) is 4.79 Å². The van der Waals surface area contributed by atoms with Crippen molar-refractivity contribution in [2.24, 2.45) is 17.8 Å². The summed E-state index contributed by atoms with van der Waals surface area (Å²) in [5.41, 5.74) is 5.28. The molecule has 4 saturated carbocycles. The maximum atomic E-state index is 14.4. The topological polar surface area (TPSA) is 108 Å². The molecule has 4 aliphatic carbocycles. The van der Waals surface area contributed by atoms with Crippen LogP contribution in [0.5, 0.6) is 0 Å². The van der Waals surface area contributed by atoms with E-state index in [1.807, 2.05) is 11.8 Å². The molecule has 0 radical (unpaired) electrons. The molecule has 1 aromatic carbocycles. The van der Waals surface area contributed by atoms with Crippen molar-refractivity contribution in [2.45, 2.75) is 56.7 Å². The number of piperazine rings is 1. The van der Waals surface area contributed by atoms with Gasteiger partial charge in [0, 0.05) is 43.6 Å². The minimum atomic E-state index is -0.681. The second-order valence-electron chi connectivity index (χ2n) is 11.3. The van der Waals surface area contributed by atoms with Crippen LogP contribution in [-0.4, -0.2) is 58.3 Å². The molecule has 8 nitrogen and oxygen atoms in total. The summed E-state index contributed by atoms with van der Waals surface area (Å²) in [6, 6.07) is 3.80. The number of halogens is 2. The molecule has 4 N–H and O–H groups in total. The van der Waals surface area contributed by atoms with Crippen LogP contribution in [0.4, 0.5) is 26.1 Å². The van der Waals surface area contributed by atoms with Gasteiger partial charge < -0.3 is 26.0 Å². The third-order valence-electron chi connectivity index (χ3n) is 8.65. The van der Waals surface area contributed by atoms with E-state index >= 15 is 0 Å². The molecule has 2 unspecified atom stereocenters. The van der Waals surface area contributed by atoms with Crippen molar-refractivity contribution >= 4 is 23.2 Å². The zero-order valence-corrected chi connectivity index (χ0v) is 20.3. The van der Waals surface area contributed by atoms with Gasteiger partial charge >= 0.3 is 0 Å². The van der Waals surface area contributed by atoms with Gasteiger partial charge in [0.15, 0.2) is 11.6 Å². The van der Waals surface area contributed by atoms with Gasteiger partial charge in [0.1, 0.15) is 11.4 Å². The van der Waals surface area contributed by atoms with Crippen molar-refractivity contribution < 1.29 is 18.7 Å². The second-order valence-corrected chi connectivity index (χ2v) is 11.3. The molecule has 5 fully saturated rings. The minimum absolute atomic E-state index is 0.0495. The Morgan fingerprint density at radius 3 is 2.50 bits per heavy atom. The number of carbonyl (C=O) groups excluding carboxylic acids is 1. The third-order valence-corrected chi connectivity index (χ3v) is 8.65. The molecule has 192 valence electrons. The van der Waals surface area contributed by atoms with Gasteiger partial charge in [-0.15, -0.1) is 0 Å². The average molecular weight is 499 g/mol. The first-order valence-electron chi connectivity index (χ1n) is 12.8. The quantitative estimate of drug-likeness (QED) is 0.557. The lowest BCUT2D eigenvalue weighted by molar-refractivity contribution is -0.136. The van der Waals surface area contributed by atoms with Crippen LogP contribution < -0.4 is 20.9 Å². The molecule has 5 aliphatic rings. The van der Waals surface area contributed by atoms with Crippen molar-refractivity contribution in [3.63, 3.8) is 0 Å². The summed E-state index contributed by atoms with van der Waals surface area (Å²) < 4.78 is 28.9. The fourth-order valence-electron chi connectivity index (χ4n) is 7.40. The van der Waals surface area contributed by atoms with E-state index in [2.05, 4.69) is 15.3 Å². The van der Waals surface area contributed by atoms with Crippen LogP contribution in [0.3, 0.4) is 0 Å². The molecule has 36 heavy (non-hydrogen) atoms. The first-order chi connectivity index (χ1) is 17.2. The van der Waals surface area contributed by atoms with E-state index < -0.39 is 17.2 Å². The Balaban J connectivity index is 1.14. The first kappa shape index (κ1) is 23.4. The Bertz CT molecular complexity index is 1160. The zero-order valence-electron chi connectivity index (χ0n) is 20.3. The summed E-state index contributed by atoms with van der Waals surface area (Å²) in [6.45, 7) is 3.13. The highest BCUT2D eigenvalue weighted by molar-refractivity contribution is 5.92. The molecule has 1 aliphatic heterocycles. The summed E-state index contributed by atoms with van der Waals surface area (Å²) in [7, 11) is 0. The van der Waals surface area contributed by atoms with E-state index in [1.54, 1.807) is 17.2 Å². The van der Waals surface area contributed by atoms with E-state index in [-0.39, 0.29) is 29.4 Å². The maximum absolute atomic E-state index is 14.4. The number of benzene rings is 1. The Labute approximate surface area is 208 Å². The van der Waals surface area contributed by atoms with Crippen LogP contribution in [0.25, 0.3) is 0 Å². The summed E-state index contributed by atoms with van der Waals surface area (Å²) in [6.07, 6.45) is 6.13. The minimum Gasteiger partial charge on any atom is -0.399 e. The second kappa shape index (κ2) is 8.54. The molecular formula is C26H32F2N6O2. The maximum Gasteiger partial charge on any atom is 0.270 e. The van der Waals surface area contributed by atoms with Crippen molar-refractivity contribution in [1.82, 2.24) is 15.3 Å². The van der Waals surface area contributed by atoms with Gasteiger partial charge in [-0.05, 0) is 75.0 Å². The monoisotopic (exact) mass is 498 g/mol. The molecule has 1 amide bonds. The number of nitrogen functional groups attached to an aromatic ring is 1. The van der Waals surface area contributed by atoms with Crippen LogP contribution in [0, 0.1) is 29.4 Å². The number of aromatic nitrogens is 2. The third kappa shape index (κ3) is 4.05. The lowest BCUT2D eigenvalue weighted by Gasteiger charge is -2.58. The van der Waals surface area contributed by atoms with E-state index in [9.17, 15) is 18.7 Å². The molecule has 1 aromatic heterocycles. The Hall–Kier alpha value is -3.01. The molecule has 4 bridgehead atoms. The van der Waals surface area contributed by atoms with Crippen molar-refractivity contribution in [3.8, 4) is 0 Å². The lowest BCUT2D eigenvalue weighted by atomic mass is 9.52. The number of anilines is 3. The standard InChI is InChI=1S/C26H32F2N6O2/c1-14-13-33(23-19(27)8-18(29)9-20(23)28)4-5-34(14)25-30-3-2-21(31-25)24(35)32-22-16-6-15-7-17(22)12-26(36,10-15)11-16/h2-3,8-9,14-17,22,36H,4-7,10-13,29H2,1H3,(H,32,35)/t14-,15?,16?,17?,22?,26?/m1/s1. The number of nitrogens with one attached hydrogen (secondary N) is 1. The molecular weight excluding hydrogens is 466 g/mol. The van der Waals surface area contributed by atoms with E-state index in [4.69, 9.17) is 5.73 Å². The van der Waals surface area contributed by atoms with E-state index in [0.717, 1.165) is 44.2 Å². The van der Waals surface area contributed by atoms with Crippen molar-refractivity contribution in [1.29, 1.82) is 0 Å². The van der Waals surface area contributed by atoms with E-state index in [1.165, 1.54) is 0 Å². The van der Waals surface area contributed by atoms with Gasteiger partial charge in [0.05, 0.1) is 5.60 Å². The number of nitrogens with zero attached hydrogens (tertiary/aromatic N) is 4. The summed E-state index contributed by atoms with van der Waals surface area (Å²) >= 11 is 0. The smallest absolute Gasteiger partial charge is 0.270 e. The molecule has 3 atom stereocenters. The molecule has 1 saturated heterocycles. The predicted molar refractivity (Wildman–Crippen MR) is 132 cm³/mol.